The lowest BCUT2D eigenvalue weighted by Crippen LogP contribution is -2.36. The lowest BCUT2D eigenvalue weighted by Gasteiger charge is -2.24. The average molecular weight is 265 g/mol. The molecule has 1 aliphatic rings. The first kappa shape index (κ1) is 14.0. The molecule has 1 amide bonds. The molecule has 4 heteroatoms. The molecular formula is C15H20FNO2. The third-order valence-electron chi connectivity index (χ3n) is 3.53. The fraction of sp³-hybridized carbons (Fsp3) is 0.533. The Morgan fingerprint density at radius 1 is 1.53 bits per heavy atom. The molecule has 1 aromatic carbocycles. The molecule has 1 fully saturated rings. The van der Waals surface area contributed by atoms with Gasteiger partial charge in [0.2, 0.25) is 0 Å². The van der Waals surface area contributed by atoms with Gasteiger partial charge in [-0.25, -0.2) is 4.39 Å². The molecule has 1 saturated heterocycles. The Morgan fingerprint density at radius 2 is 2.32 bits per heavy atom. The molecular weight excluding hydrogens is 245 g/mol. The summed E-state index contributed by atoms with van der Waals surface area (Å²) < 4.78 is 19.2. The van der Waals surface area contributed by atoms with Crippen molar-refractivity contribution < 1.29 is 13.9 Å². The van der Waals surface area contributed by atoms with Crippen LogP contribution < -0.4 is 0 Å². The van der Waals surface area contributed by atoms with Crippen LogP contribution in [0.5, 0.6) is 0 Å². The second-order valence-corrected chi connectivity index (χ2v) is 5.06. The van der Waals surface area contributed by atoms with Gasteiger partial charge in [-0.15, -0.1) is 0 Å². The number of carbonyl (C=O) groups is 1. The topological polar surface area (TPSA) is 29.5 Å². The molecule has 0 spiro atoms. The monoisotopic (exact) mass is 265 g/mol. The van der Waals surface area contributed by atoms with E-state index in [1.54, 1.807) is 17.0 Å². The average Bonchev–Trinajstić information content (AvgIpc) is 2.88. The zero-order valence-corrected chi connectivity index (χ0v) is 11.5. The second-order valence-electron chi connectivity index (χ2n) is 5.06. The van der Waals surface area contributed by atoms with E-state index >= 15 is 0 Å². The van der Waals surface area contributed by atoms with Gasteiger partial charge in [-0.3, -0.25) is 4.79 Å². The van der Waals surface area contributed by atoms with Gasteiger partial charge >= 0.3 is 0 Å². The van der Waals surface area contributed by atoms with Crippen molar-refractivity contribution >= 4 is 5.91 Å². The van der Waals surface area contributed by atoms with Crippen molar-refractivity contribution in [1.29, 1.82) is 0 Å². The van der Waals surface area contributed by atoms with E-state index in [1.807, 2.05) is 13.8 Å². The van der Waals surface area contributed by atoms with E-state index in [4.69, 9.17) is 4.74 Å². The minimum atomic E-state index is -0.439. The van der Waals surface area contributed by atoms with Gasteiger partial charge in [-0.2, -0.15) is 0 Å². The van der Waals surface area contributed by atoms with E-state index in [0.29, 0.717) is 25.6 Å². The maximum Gasteiger partial charge on any atom is 0.256 e. The Balaban J connectivity index is 2.10. The van der Waals surface area contributed by atoms with Crippen LogP contribution in [0.15, 0.2) is 18.2 Å². The minimum absolute atomic E-state index is 0.159. The SMILES string of the molecule is CCN(CC1CCOC1)C(=O)c1ccc(C)cc1F. The number of amides is 1. The third kappa shape index (κ3) is 3.32. The molecule has 19 heavy (non-hydrogen) atoms. The summed E-state index contributed by atoms with van der Waals surface area (Å²) in [5, 5.41) is 0. The van der Waals surface area contributed by atoms with Crippen LogP contribution in [0.3, 0.4) is 0 Å². The summed E-state index contributed by atoms with van der Waals surface area (Å²) >= 11 is 0. The van der Waals surface area contributed by atoms with Gasteiger partial charge in [0.15, 0.2) is 0 Å². The number of hydrogen-bond acceptors (Lipinski definition) is 2. The largest absolute Gasteiger partial charge is 0.381 e. The molecule has 1 aliphatic heterocycles. The number of hydrogen-bond donors (Lipinski definition) is 0. The van der Waals surface area contributed by atoms with Gasteiger partial charge in [0, 0.05) is 25.6 Å². The van der Waals surface area contributed by atoms with Crippen LogP contribution in [-0.4, -0.2) is 37.1 Å². The number of carbonyl (C=O) groups excluding carboxylic acids is 1. The van der Waals surface area contributed by atoms with Crippen molar-refractivity contribution in [3.63, 3.8) is 0 Å². The maximum atomic E-state index is 13.8. The lowest BCUT2D eigenvalue weighted by atomic mass is 10.1. The summed E-state index contributed by atoms with van der Waals surface area (Å²) in [6, 6.07) is 4.74. The van der Waals surface area contributed by atoms with Crippen LogP contribution >= 0.6 is 0 Å². The van der Waals surface area contributed by atoms with Crippen molar-refractivity contribution in [2.75, 3.05) is 26.3 Å². The van der Waals surface area contributed by atoms with E-state index < -0.39 is 5.82 Å². The molecule has 1 aromatic rings. The molecule has 104 valence electrons. The van der Waals surface area contributed by atoms with Crippen molar-refractivity contribution in [2.45, 2.75) is 20.3 Å². The predicted molar refractivity (Wildman–Crippen MR) is 71.6 cm³/mol. The molecule has 3 nitrogen and oxygen atoms in total. The summed E-state index contributed by atoms with van der Waals surface area (Å²) in [6.07, 6.45) is 0.972. The zero-order chi connectivity index (χ0) is 13.8. The van der Waals surface area contributed by atoms with Crippen molar-refractivity contribution in [3.8, 4) is 0 Å². The normalized spacial score (nSPS) is 18.6. The first-order valence-electron chi connectivity index (χ1n) is 6.75. The first-order valence-corrected chi connectivity index (χ1v) is 6.75. The van der Waals surface area contributed by atoms with Gasteiger partial charge in [-0.05, 0) is 38.0 Å². The molecule has 0 bridgehead atoms. The van der Waals surface area contributed by atoms with E-state index in [-0.39, 0.29) is 11.5 Å². The molecule has 1 heterocycles. The summed E-state index contributed by atoms with van der Waals surface area (Å²) in [4.78, 5) is 14.0. The Bertz CT molecular complexity index is 455. The highest BCUT2D eigenvalue weighted by atomic mass is 19.1. The molecule has 0 radical (unpaired) electrons. The maximum absolute atomic E-state index is 13.8. The van der Waals surface area contributed by atoms with E-state index in [2.05, 4.69) is 0 Å². The molecule has 2 rings (SSSR count). The lowest BCUT2D eigenvalue weighted by molar-refractivity contribution is 0.0726. The van der Waals surface area contributed by atoms with Crippen LogP contribution in [0, 0.1) is 18.7 Å². The van der Waals surface area contributed by atoms with Crippen molar-refractivity contribution in [3.05, 3.63) is 35.1 Å². The Hall–Kier alpha value is -1.42. The zero-order valence-electron chi connectivity index (χ0n) is 11.5. The second kappa shape index (κ2) is 6.15. The molecule has 0 aromatic heterocycles. The summed E-state index contributed by atoms with van der Waals surface area (Å²) in [6.45, 7) is 6.41. The Morgan fingerprint density at radius 3 is 2.89 bits per heavy atom. The number of benzene rings is 1. The Labute approximate surface area is 113 Å². The number of ether oxygens (including phenoxy) is 1. The number of halogens is 1. The third-order valence-corrected chi connectivity index (χ3v) is 3.53. The van der Waals surface area contributed by atoms with Crippen LogP contribution in [0.2, 0.25) is 0 Å². The van der Waals surface area contributed by atoms with E-state index in [0.717, 1.165) is 18.6 Å². The number of nitrogens with zero attached hydrogens (tertiary/aromatic N) is 1. The highest BCUT2D eigenvalue weighted by Crippen LogP contribution is 2.17. The first-order chi connectivity index (χ1) is 9.11. The van der Waals surface area contributed by atoms with Gasteiger partial charge in [0.25, 0.3) is 5.91 Å². The van der Waals surface area contributed by atoms with E-state index in [1.165, 1.54) is 6.07 Å². The highest BCUT2D eigenvalue weighted by Gasteiger charge is 2.23. The predicted octanol–water partition coefficient (Wildman–Crippen LogP) is 2.63. The van der Waals surface area contributed by atoms with E-state index in [9.17, 15) is 9.18 Å². The van der Waals surface area contributed by atoms with Crippen LogP contribution in [0.1, 0.15) is 29.3 Å². The fourth-order valence-electron chi connectivity index (χ4n) is 2.36. The van der Waals surface area contributed by atoms with Crippen LogP contribution in [0.4, 0.5) is 4.39 Å². The quantitative estimate of drug-likeness (QED) is 0.837. The molecule has 1 unspecified atom stereocenters. The van der Waals surface area contributed by atoms with Gasteiger partial charge < -0.3 is 9.64 Å². The summed E-state index contributed by atoms with van der Waals surface area (Å²) in [5.41, 5.74) is 0.979. The summed E-state index contributed by atoms with van der Waals surface area (Å²) in [5.74, 6) is -0.296. The minimum Gasteiger partial charge on any atom is -0.381 e. The standard InChI is InChI=1S/C15H20FNO2/c1-3-17(9-12-6-7-19-10-12)15(18)13-5-4-11(2)8-14(13)16/h4-5,8,12H,3,6-7,9-10H2,1-2H3. The van der Waals surface area contributed by atoms with Gasteiger partial charge in [-0.1, -0.05) is 6.07 Å². The number of aryl methyl sites for hydroxylation is 1. The van der Waals surface area contributed by atoms with Crippen LogP contribution in [-0.2, 0) is 4.74 Å². The van der Waals surface area contributed by atoms with Crippen molar-refractivity contribution in [2.24, 2.45) is 5.92 Å². The molecule has 0 N–H and O–H groups in total. The molecule has 1 atom stereocenters. The fourth-order valence-corrected chi connectivity index (χ4v) is 2.36. The Kier molecular flexibility index (Phi) is 4.53. The smallest absolute Gasteiger partial charge is 0.256 e. The van der Waals surface area contributed by atoms with Gasteiger partial charge in [0.05, 0.1) is 12.2 Å². The van der Waals surface area contributed by atoms with Gasteiger partial charge in [0.1, 0.15) is 5.82 Å². The van der Waals surface area contributed by atoms with Crippen molar-refractivity contribution in [1.82, 2.24) is 4.90 Å². The van der Waals surface area contributed by atoms with Crippen LogP contribution in [0.25, 0.3) is 0 Å². The number of rotatable bonds is 4. The molecule has 0 saturated carbocycles. The highest BCUT2D eigenvalue weighted by molar-refractivity contribution is 5.94. The molecule has 0 aliphatic carbocycles. The summed E-state index contributed by atoms with van der Waals surface area (Å²) in [7, 11) is 0.